The smallest absolute Gasteiger partial charge is 0.282 e. The molecule has 0 saturated heterocycles. The van der Waals surface area contributed by atoms with E-state index in [0.717, 1.165) is 16.4 Å². The molecule has 1 unspecified atom stereocenters. The summed E-state index contributed by atoms with van der Waals surface area (Å²) in [5.74, 6) is 0.864. The third kappa shape index (κ3) is 4.57. The molecule has 0 aromatic heterocycles. The molecule has 0 saturated carbocycles. The molecule has 142 valence electrons. The van der Waals surface area contributed by atoms with Crippen molar-refractivity contribution in [3.8, 4) is 11.5 Å². The Kier molecular flexibility index (Phi) is 5.61. The van der Waals surface area contributed by atoms with Crippen molar-refractivity contribution >= 4 is 17.5 Å². The number of nitrogens with one attached hydrogen (secondary N) is 2. The number of anilines is 1. The van der Waals surface area contributed by atoms with E-state index < -0.39 is 5.91 Å². The van der Waals surface area contributed by atoms with Crippen LogP contribution in [0.3, 0.4) is 0 Å². The molecule has 2 amide bonds. The zero-order valence-corrected chi connectivity index (χ0v) is 15.4. The predicted molar refractivity (Wildman–Crippen MR) is 101 cm³/mol. The summed E-state index contributed by atoms with van der Waals surface area (Å²) in [7, 11) is 1.95. The van der Waals surface area contributed by atoms with Crippen LogP contribution in [0.15, 0.2) is 48.5 Å². The lowest BCUT2D eigenvalue weighted by atomic mass is 10.2. The first-order valence-corrected chi connectivity index (χ1v) is 8.85. The highest BCUT2D eigenvalue weighted by atomic mass is 16.6. The van der Waals surface area contributed by atoms with Crippen molar-refractivity contribution in [2.24, 2.45) is 5.73 Å². The Labute approximate surface area is 158 Å². The molecule has 1 heterocycles. The Morgan fingerprint density at radius 1 is 1.19 bits per heavy atom. The van der Waals surface area contributed by atoms with Gasteiger partial charge in [-0.05, 0) is 43.3 Å². The number of carbonyl (C=O) groups is 2. The van der Waals surface area contributed by atoms with Crippen molar-refractivity contribution in [3.05, 3.63) is 54.1 Å². The van der Waals surface area contributed by atoms with Crippen LogP contribution in [0.4, 0.5) is 5.69 Å². The van der Waals surface area contributed by atoms with Gasteiger partial charge in [0.1, 0.15) is 13.2 Å². The first kappa shape index (κ1) is 18.7. The van der Waals surface area contributed by atoms with Crippen LogP contribution in [0.2, 0.25) is 0 Å². The molecule has 0 fully saturated rings. The highest BCUT2D eigenvalue weighted by Crippen LogP contribution is 2.30. The second-order valence-electron chi connectivity index (χ2n) is 6.70. The molecule has 1 aliphatic rings. The van der Waals surface area contributed by atoms with E-state index in [0.29, 0.717) is 24.4 Å². The molecule has 3 atom stereocenters. The average Bonchev–Trinajstić information content (AvgIpc) is 2.67. The molecule has 7 nitrogen and oxygen atoms in total. The summed E-state index contributed by atoms with van der Waals surface area (Å²) >= 11 is 0. The number of carbonyl (C=O) groups excluding carboxylic acids is 2. The average molecular weight is 370 g/mol. The molecule has 27 heavy (non-hydrogen) atoms. The highest BCUT2D eigenvalue weighted by Gasteiger charge is 2.29. The molecule has 2 aromatic carbocycles. The molecule has 0 radical (unpaired) electrons. The van der Waals surface area contributed by atoms with Gasteiger partial charge in [0, 0.05) is 11.3 Å². The largest absolute Gasteiger partial charge is 0.486 e. The van der Waals surface area contributed by atoms with Crippen LogP contribution in [-0.4, -0.2) is 44.2 Å². The van der Waals surface area contributed by atoms with E-state index in [2.05, 4.69) is 5.32 Å². The summed E-state index contributed by atoms with van der Waals surface area (Å²) in [6, 6.07) is 13.8. The Morgan fingerprint density at radius 2 is 1.85 bits per heavy atom. The monoisotopic (exact) mass is 370 g/mol. The summed E-state index contributed by atoms with van der Waals surface area (Å²) in [5.41, 5.74) is 6.24. The number of fused-ring (bicyclic) bond motifs is 1. The molecular weight excluding hydrogens is 346 g/mol. The van der Waals surface area contributed by atoms with Crippen LogP contribution in [0.1, 0.15) is 17.3 Å². The number of likely N-dealkylation sites (N-methyl/N-ethyl adjacent to an activating group) is 1. The van der Waals surface area contributed by atoms with Gasteiger partial charge in [0.15, 0.2) is 23.6 Å². The molecule has 2 aromatic rings. The van der Waals surface area contributed by atoms with E-state index in [4.69, 9.17) is 15.2 Å². The third-order valence-electron chi connectivity index (χ3n) is 4.69. The van der Waals surface area contributed by atoms with E-state index in [1.54, 1.807) is 24.3 Å². The van der Waals surface area contributed by atoms with Gasteiger partial charge in [-0.1, -0.05) is 12.1 Å². The van der Waals surface area contributed by atoms with Gasteiger partial charge in [-0.25, -0.2) is 0 Å². The minimum atomic E-state index is -0.498. The van der Waals surface area contributed by atoms with Gasteiger partial charge in [0.25, 0.3) is 5.91 Å². The highest BCUT2D eigenvalue weighted by molar-refractivity contribution is 5.95. The summed E-state index contributed by atoms with van der Waals surface area (Å²) in [4.78, 5) is 24.6. The van der Waals surface area contributed by atoms with E-state index >= 15 is 0 Å². The van der Waals surface area contributed by atoms with Gasteiger partial charge < -0.3 is 25.4 Å². The summed E-state index contributed by atoms with van der Waals surface area (Å²) in [6.07, 6.45) is -0.120. The Hall–Kier alpha value is -3.06. The Balaban J connectivity index is 1.54. The normalized spacial score (nSPS) is 17.6. The molecule has 1 aliphatic heterocycles. The number of hydrogen-bond donors (Lipinski definition) is 3. The van der Waals surface area contributed by atoms with E-state index in [1.165, 1.54) is 0 Å². The topological polar surface area (TPSA) is 95.1 Å². The minimum absolute atomic E-state index is 0.114. The summed E-state index contributed by atoms with van der Waals surface area (Å²) < 4.78 is 11.7. The zero-order chi connectivity index (χ0) is 19.4. The lowest BCUT2D eigenvalue weighted by Gasteiger charge is -2.29. The van der Waals surface area contributed by atoms with Crippen molar-refractivity contribution in [2.75, 3.05) is 25.5 Å². The van der Waals surface area contributed by atoms with Gasteiger partial charge in [-0.2, -0.15) is 0 Å². The number of rotatable bonds is 6. The van der Waals surface area contributed by atoms with Gasteiger partial charge in [-0.15, -0.1) is 0 Å². The lowest BCUT2D eigenvalue weighted by Crippen LogP contribution is -3.15. The zero-order valence-electron chi connectivity index (χ0n) is 15.4. The molecule has 0 bridgehead atoms. The molecular formula is C20H24N3O4+. The van der Waals surface area contributed by atoms with Crippen molar-refractivity contribution in [3.63, 3.8) is 0 Å². The number of ether oxygens (including phenoxy) is 2. The lowest BCUT2D eigenvalue weighted by molar-refractivity contribution is -0.896. The minimum Gasteiger partial charge on any atom is -0.486 e. The second-order valence-corrected chi connectivity index (χ2v) is 6.70. The van der Waals surface area contributed by atoms with Crippen molar-refractivity contribution in [1.82, 2.24) is 0 Å². The maximum atomic E-state index is 12.5. The first-order chi connectivity index (χ1) is 12.9. The maximum Gasteiger partial charge on any atom is 0.282 e. The third-order valence-corrected chi connectivity index (χ3v) is 4.69. The van der Waals surface area contributed by atoms with Gasteiger partial charge in [0.05, 0.1) is 7.05 Å². The van der Waals surface area contributed by atoms with Crippen LogP contribution >= 0.6 is 0 Å². The summed E-state index contributed by atoms with van der Waals surface area (Å²) in [5, 5.41) is 2.86. The van der Waals surface area contributed by atoms with Crippen LogP contribution in [0.25, 0.3) is 0 Å². The number of amides is 2. The SMILES string of the molecule is C[C@@H](C(=O)Nc1ccc(C(N)=O)cc1)[NH+](C)C[C@@H]1COc2ccccc2O1. The number of hydrogen-bond acceptors (Lipinski definition) is 4. The van der Waals surface area contributed by atoms with Crippen molar-refractivity contribution < 1.29 is 24.0 Å². The van der Waals surface area contributed by atoms with E-state index in [9.17, 15) is 9.59 Å². The summed E-state index contributed by atoms with van der Waals surface area (Å²) in [6.45, 7) is 2.95. The van der Waals surface area contributed by atoms with Crippen molar-refractivity contribution in [2.45, 2.75) is 19.1 Å². The molecule has 4 N–H and O–H groups in total. The number of benzene rings is 2. The van der Waals surface area contributed by atoms with Gasteiger partial charge in [-0.3, -0.25) is 9.59 Å². The molecule has 0 aliphatic carbocycles. The maximum absolute atomic E-state index is 12.5. The second kappa shape index (κ2) is 8.09. The fourth-order valence-corrected chi connectivity index (χ4v) is 2.89. The van der Waals surface area contributed by atoms with Crippen molar-refractivity contribution in [1.29, 1.82) is 0 Å². The van der Waals surface area contributed by atoms with E-state index in [-0.39, 0.29) is 18.1 Å². The van der Waals surface area contributed by atoms with Crippen LogP contribution in [0, 0.1) is 0 Å². The molecule has 7 heteroatoms. The standard InChI is InChI=1S/C20H23N3O4/c1-13(20(25)22-15-9-7-14(8-10-15)19(21)24)23(2)11-16-12-26-17-5-3-4-6-18(17)27-16/h3-10,13,16H,11-12H2,1-2H3,(H2,21,24)(H,22,25)/p+1/t13-,16+/m0/s1. The first-order valence-electron chi connectivity index (χ1n) is 8.85. The number of nitrogens with two attached hydrogens (primary N) is 1. The fraction of sp³-hybridized carbons (Fsp3) is 0.300. The van der Waals surface area contributed by atoms with E-state index in [1.807, 2.05) is 38.2 Å². The van der Waals surface area contributed by atoms with Gasteiger partial charge in [0.2, 0.25) is 5.91 Å². The number of primary amides is 1. The number of quaternary nitrogens is 1. The fourth-order valence-electron chi connectivity index (χ4n) is 2.89. The quantitative estimate of drug-likeness (QED) is 0.689. The predicted octanol–water partition coefficient (Wildman–Crippen LogP) is 0.467. The van der Waals surface area contributed by atoms with Crippen LogP contribution in [0.5, 0.6) is 11.5 Å². The van der Waals surface area contributed by atoms with Crippen LogP contribution < -0.4 is 25.4 Å². The molecule has 0 spiro atoms. The van der Waals surface area contributed by atoms with Gasteiger partial charge >= 0.3 is 0 Å². The molecule has 3 rings (SSSR count). The Bertz CT molecular complexity index is 822. The number of para-hydroxylation sites is 2. The van der Waals surface area contributed by atoms with Crippen LogP contribution in [-0.2, 0) is 4.79 Å². The Morgan fingerprint density at radius 3 is 2.52 bits per heavy atom.